The molecule has 0 spiro atoms. The standard InChI is InChI=1S/C16H32P/c1-2-3-4-9-12-15-17-16-13-10-7-5-6-8-11-14-16/h16H,2-15H2,1H3. The van der Waals surface area contributed by atoms with Gasteiger partial charge in [0, 0.05) is 0 Å². The van der Waals surface area contributed by atoms with Crippen LogP contribution < -0.4 is 0 Å². The molecule has 0 aromatic rings. The third kappa shape index (κ3) is 9.06. The van der Waals surface area contributed by atoms with E-state index in [1.807, 2.05) is 0 Å². The van der Waals surface area contributed by atoms with Gasteiger partial charge < -0.3 is 0 Å². The molecule has 1 saturated carbocycles. The van der Waals surface area contributed by atoms with E-state index in [4.69, 9.17) is 0 Å². The van der Waals surface area contributed by atoms with Crippen LogP contribution in [-0.2, 0) is 0 Å². The molecular formula is C16H32P. The van der Waals surface area contributed by atoms with Crippen molar-refractivity contribution in [2.45, 2.75) is 96.1 Å². The van der Waals surface area contributed by atoms with E-state index < -0.39 is 0 Å². The van der Waals surface area contributed by atoms with Crippen LogP contribution >= 0.6 is 8.58 Å². The Labute approximate surface area is 111 Å². The first-order valence-corrected chi connectivity index (χ1v) is 9.25. The minimum atomic E-state index is 1.05. The minimum absolute atomic E-state index is 1.05. The number of hydrogen-bond acceptors (Lipinski definition) is 0. The molecule has 1 heteroatoms. The van der Waals surface area contributed by atoms with Crippen molar-refractivity contribution in [2.75, 3.05) is 6.16 Å². The van der Waals surface area contributed by atoms with E-state index in [0.717, 1.165) is 5.66 Å². The molecule has 0 heterocycles. The van der Waals surface area contributed by atoms with Crippen LogP contribution in [-0.4, -0.2) is 11.8 Å². The Morgan fingerprint density at radius 3 is 2.00 bits per heavy atom. The summed E-state index contributed by atoms with van der Waals surface area (Å²) in [7, 11) is 1.78. The monoisotopic (exact) mass is 255 g/mol. The normalized spacial score (nSPS) is 20.3. The summed E-state index contributed by atoms with van der Waals surface area (Å²) in [6.07, 6.45) is 20.8. The number of unbranched alkanes of at least 4 members (excludes halogenated alkanes) is 4. The third-order valence-electron chi connectivity index (χ3n) is 3.97. The fourth-order valence-electron chi connectivity index (χ4n) is 2.78. The molecule has 1 aliphatic carbocycles. The van der Waals surface area contributed by atoms with E-state index in [1.165, 1.54) is 89.6 Å². The van der Waals surface area contributed by atoms with Gasteiger partial charge in [0.05, 0.1) is 0 Å². The Balaban J connectivity index is 1.99. The van der Waals surface area contributed by atoms with Gasteiger partial charge in [-0.3, -0.25) is 0 Å². The van der Waals surface area contributed by atoms with Crippen molar-refractivity contribution in [1.29, 1.82) is 0 Å². The van der Waals surface area contributed by atoms with Crippen LogP contribution in [0.2, 0.25) is 0 Å². The zero-order valence-electron chi connectivity index (χ0n) is 11.9. The van der Waals surface area contributed by atoms with Crippen molar-refractivity contribution in [3.63, 3.8) is 0 Å². The highest BCUT2D eigenvalue weighted by Crippen LogP contribution is 2.31. The molecule has 0 bridgehead atoms. The maximum Gasteiger partial charge on any atom is -0.0170 e. The molecule has 0 saturated heterocycles. The molecule has 0 nitrogen and oxygen atoms in total. The second kappa shape index (κ2) is 11.5. The predicted octanol–water partition coefficient (Wildman–Crippen LogP) is 6.41. The summed E-state index contributed by atoms with van der Waals surface area (Å²) in [5.41, 5.74) is 1.05. The molecule has 0 unspecified atom stereocenters. The molecule has 1 fully saturated rings. The average Bonchev–Trinajstić information content (AvgIpc) is 2.47. The smallest absolute Gasteiger partial charge is 0.0170 e. The lowest BCUT2D eigenvalue weighted by Gasteiger charge is -2.14. The van der Waals surface area contributed by atoms with Gasteiger partial charge in [-0.1, -0.05) is 79.7 Å². The first-order chi connectivity index (χ1) is 8.43. The predicted molar refractivity (Wildman–Crippen MR) is 81.3 cm³/mol. The molecule has 17 heavy (non-hydrogen) atoms. The van der Waals surface area contributed by atoms with Crippen LogP contribution in [0.5, 0.6) is 0 Å². The number of hydrogen-bond donors (Lipinski definition) is 0. The van der Waals surface area contributed by atoms with E-state index in [0.29, 0.717) is 0 Å². The van der Waals surface area contributed by atoms with E-state index in [1.54, 1.807) is 8.58 Å². The fourth-order valence-corrected chi connectivity index (χ4v) is 4.28. The average molecular weight is 255 g/mol. The van der Waals surface area contributed by atoms with Gasteiger partial charge in [0.25, 0.3) is 0 Å². The van der Waals surface area contributed by atoms with Crippen LogP contribution in [0.15, 0.2) is 0 Å². The third-order valence-corrected chi connectivity index (χ3v) is 5.58. The zero-order chi connectivity index (χ0) is 12.2. The van der Waals surface area contributed by atoms with Gasteiger partial charge in [-0.25, -0.2) is 0 Å². The molecule has 1 rings (SSSR count). The van der Waals surface area contributed by atoms with Crippen LogP contribution in [0.3, 0.4) is 0 Å². The largest absolute Gasteiger partial charge is 0.0775 e. The Kier molecular flexibility index (Phi) is 10.5. The molecule has 0 aromatic heterocycles. The Hall–Kier alpha value is 0.430. The second-order valence-electron chi connectivity index (χ2n) is 5.67. The van der Waals surface area contributed by atoms with Gasteiger partial charge in [0.1, 0.15) is 0 Å². The van der Waals surface area contributed by atoms with E-state index in [-0.39, 0.29) is 0 Å². The molecule has 0 N–H and O–H groups in total. The number of rotatable bonds is 7. The van der Waals surface area contributed by atoms with Crippen molar-refractivity contribution in [3.8, 4) is 0 Å². The maximum absolute atomic E-state index is 2.30. The summed E-state index contributed by atoms with van der Waals surface area (Å²) in [6, 6.07) is 0. The van der Waals surface area contributed by atoms with Crippen LogP contribution in [0.25, 0.3) is 0 Å². The van der Waals surface area contributed by atoms with Crippen molar-refractivity contribution in [3.05, 3.63) is 0 Å². The van der Waals surface area contributed by atoms with Gasteiger partial charge in [-0.15, -0.1) is 0 Å². The van der Waals surface area contributed by atoms with Crippen molar-refractivity contribution in [1.82, 2.24) is 0 Å². The molecule has 1 aliphatic rings. The molecule has 0 aliphatic heterocycles. The molecular weight excluding hydrogens is 223 g/mol. The highest BCUT2D eigenvalue weighted by Gasteiger charge is 2.10. The zero-order valence-corrected chi connectivity index (χ0v) is 12.8. The summed E-state index contributed by atoms with van der Waals surface area (Å²) < 4.78 is 0. The highest BCUT2D eigenvalue weighted by atomic mass is 31.1. The Morgan fingerprint density at radius 1 is 0.765 bits per heavy atom. The molecule has 0 aromatic carbocycles. The summed E-state index contributed by atoms with van der Waals surface area (Å²) in [6.45, 7) is 2.30. The first-order valence-electron chi connectivity index (χ1n) is 8.10. The lowest BCUT2D eigenvalue weighted by atomic mass is 10.1. The van der Waals surface area contributed by atoms with Crippen LogP contribution in [0, 0.1) is 0 Å². The first kappa shape index (κ1) is 15.5. The highest BCUT2D eigenvalue weighted by molar-refractivity contribution is 7.38. The molecule has 0 atom stereocenters. The van der Waals surface area contributed by atoms with Gasteiger partial charge in [0.15, 0.2) is 0 Å². The maximum atomic E-state index is 2.30. The lowest BCUT2D eigenvalue weighted by molar-refractivity contribution is 0.624. The second-order valence-corrected chi connectivity index (χ2v) is 7.22. The van der Waals surface area contributed by atoms with Crippen LogP contribution in [0.1, 0.15) is 90.4 Å². The van der Waals surface area contributed by atoms with Crippen molar-refractivity contribution in [2.24, 2.45) is 0 Å². The quantitative estimate of drug-likeness (QED) is 0.364. The molecule has 0 amide bonds. The summed E-state index contributed by atoms with van der Waals surface area (Å²) in [4.78, 5) is 0. The lowest BCUT2D eigenvalue weighted by Crippen LogP contribution is -2.01. The Morgan fingerprint density at radius 2 is 1.35 bits per heavy atom. The van der Waals surface area contributed by atoms with Gasteiger partial charge in [-0.05, 0) is 31.1 Å². The van der Waals surface area contributed by atoms with Gasteiger partial charge >= 0.3 is 0 Å². The van der Waals surface area contributed by atoms with Crippen molar-refractivity contribution >= 4 is 8.58 Å². The Bertz CT molecular complexity index is 146. The fraction of sp³-hybridized carbons (Fsp3) is 1.00. The van der Waals surface area contributed by atoms with E-state index in [2.05, 4.69) is 6.92 Å². The minimum Gasteiger partial charge on any atom is -0.0775 e. The summed E-state index contributed by atoms with van der Waals surface area (Å²) >= 11 is 0. The van der Waals surface area contributed by atoms with E-state index >= 15 is 0 Å². The van der Waals surface area contributed by atoms with E-state index in [9.17, 15) is 0 Å². The molecule has 101 valence electrons. The van der Waals surface area contributed by atoms with Gasteiger partial charge in [0.2, 0.25) is 0 Å². The van der Waals surface area contributed by atoms with Gasteiger partial charge in [-0.2, -0.15) is 0 Å². The molecule has 1 radical (unpaired) electrons. The SMILES string of the molecule is CCCCCCC[P]C1CCCCCCCC1. The van der Waals surface area contributed by atoms with Crippen molar-refractivity contribution < 1.29 is 0 Å². The van der Waals surface area contributed by atoms with Crippen LogP contribution in [0.4, 0.5) is 0 Å². The topological polar surface area (TPSA) is 0 Å². The summed E-state index contributed by atoms with van der Waals surface area (Å²) in [5, 5.41) is 0. The summed E-state index contributed by atoms with van der Waals surface area (Å²) in [5.74, 6) is 0.